The van der Waals surface area contributed by atoms with E-state index >= 15 is 0 Å². The Labute approximate surface area is 147 Å². The number of aliphatic imine (C=N–C) groups is 1. The standard InChI is InChI=1S/C19H36N4O/c1-7-20-18(21-15-11-23(12(2)3)10-13(15)4)22-16-14-8-9-24-17(14)19(16,5)6/h12-17H,7-11H2,1-6H3,(H2,20,21,22). The van der Waals surface area contributed by atoms with Crippen LogP contribution in [0.2, 0.25) is 0 Å². The number of likely N-dealkylation sites (tertiary alicyclic amines) is 1. The molecule has 0 radical (unpaired) electrons. The highest BCUT2D eigenvalue weighted by atomic mass is 16.5. The van der Waals surface area contributed by atoms with Crippen LogP contribution >= 0.6 is 0 Å². The summed E-state index contributed by atoms with van der Waals surface area (Å²) in [5, 5.41) is 7.47. The lowest BCUT2D eigenvalue weighted by atomic mass is 9.57. The predicted molar refractivity (Wildman–Crippen MR) is 99.3 cm³/mol. The largest absolute Gasteiger partial charge is 0.377 e. The summed E-state index contributed by atoms with van der Waals surface area (Å²) in [6.45, 7) is 17.6. The van der Waals surface area contributed by atoms with Crippen molar-refractivity contribution in [3.63, 3.8) is 0 Å². The van der Waals surface area contributed by atoms with Crippen LogP contribution in [0.15, 0.2) is 4.99 Å². The maximum absolute atomic E-state index is 5.92. The van der Waals surface area contributed by atoms with E-state index in [1.807, 2.05) is 0 Å². The number of hydrogen-bond acceptors (Lipinski definition) is 3. The molecule has 2 heterocycles. The maximum atomic E-state index is 5.92. The molecule has 3 fully saturated rings. The Hall–Kier alpha value is -0.810. The van der Waals surface area contributed by atoms with Gasteiger partial charge in [0, 0.05) is 55.7 Å². The van der Waals surface area contributed by atoms with Crippen molar-refractivity contribution >= 4 is 5.96 Å². The van der Waals surface area contributed by atoms with Crippen molar-refractivity contribution in [2.45, 2.75) is 72.2 Å². The number of rotatable bonds is 4. The first-order valence-corrected chi connectivity index (χ1v) is 9.77. The molecule has 5 atom stereocenters. The molecule has 1 saturated carbocycles. The molecule has 5 unspecified atom stereocenters. The number of ether oxygens (including phenoxy) is 1. The Morgan fingerprint density at radius 1 is 1.29 bits per heavy atom. The van der Waals surface area contributed by atoms with Crippen molar-refractivity contribution in [3.05, 3.63) is 0 Å². The summed E-state index contributed by atoms with van der Waals surface area (Å²) in [6.07, 6.45) is 1.59. The molecular formula is C19H36N4O. The molecule has 2 saturated heterocycles. The molecule has 2 aliphatic heterocycles. The van der Waals surface area contributed by atoms with Gasteiger partial charge in [-0.15, -0.1) is 0 Å². The molecule has 138 valence electrons. The van der Waals surface area contributed by atoms with Gasteiger partial charge >= 0.3 is 0 Å². The van der Waals surface area contributed by atoms with Gasteiger partial charge in [0.25, 0.3) is 0 Å². The van der Waals surface area contributed by atoms with Crippen LogP contribution in [0.25, 0.3) is 0 Å². The van der Waals surface area contributed by atoms with Crippen LogP contribution in [0.1, 0.15) is 48.0 Å². The molecular weight excluding hydrogens is 300 g/mol. The van der Waals surface area contributed by atoms with Crippen molar-refractivity contribution in [3.8, 4) is 0 Å². The first kappa shape index (κ1) is 18.0. The van der Waals surface area contributed by atoms with Crippen molar-refractivity contribution in [2.24, 2.45) is 22.2 Å². The van der Waals surface area contributed by atoms with Gasteiger partial charge < -0.3 is 15.4 Å². The van der Waals surface area contributed by atoms with Crippen molar-refractivity contribution in [1.82, 2.24) is 15.5 Å². The zero-order valence-corrected chi connectivity index (χ0v) is 16.3. The van der Waals surface area contributed by atoms with E-state index in [-0.39, 0.29) is 5.41 Å². The van der Waals surface area contributed by atoms with E-state index < -0.39 is 0 Å². The summed E-state index contributed by atoms with van der Waals surface area (Å²) in [7, 11) is 0. The second kappa shape index (κ2) is 6.83. The maximum Gasteiger partial charge on any atom is 0.191 e. The molecule has 0 spiro atoms. The van der Waals surface area contributed by atoms with Crippen LogP contribution in [0.3, 0.4) is 0 Å². The van der Waals surface area contributed by atoms with Crippen molar-refractivity contribution < 1.29 is 4.74 Å². The number of fused-ring (bicyclic) bond motifs is 1. The van der Waals surface area contributed by atoms with Crippen LogP contribution in [-0.4, -0.2) is 61.3 Å². The molecule has 0 bridgehead atoms. The molecule has 3 rings (SSSR count). The summed E-state index contributed by atoms with van der Waals surface area (Å²) < 4.78 is 5.92. The van der Waals surface area contributed by atoms with E-state index in [1.165, 1.54) is 13.0 Å². The van der Waals surface area contributed by atoms with Crippen LogP contribution in [0.5, 0.6) is 0 Å². The average Bonchev–Trinajstić information content (AvgIpc) is 3.11. The third kappa shape index (κ3) is 3.17. The molecule has 0 aromatic carbocycles. The van der Waals surface area contributed by atoms with Crippen LogP contribution < -0.4 is 10.6 Å². The Balaban J connectivity index is 1.63. The molecule has 0 amide bonds. The van der Waals surface area contributed by atoms with Crippen LogP contribution in [-0.2, 0) is 4.74 Å². The summed E-state index contributed by atoms with van der Waals surface area (Å²) in [5.41, 5.74) is 0.183. The number of nitrogens with zero attached hydrogens (tertiary/aromatic N) is 2. The van der Waals surface area contributed by atoms with Gasteiger partial charge in [-0.25, -0.2) is 0 Å². The Kier molecular flexibility index (Phi) is 5.12. The van der Waals surface area contributed by atoms with Gasteiger partial charge in [0.2, 0.25) is 0 Å². The first-order chi connectivity index (χ1) is 11.3. The summed E-state index contributed by atoms with van der Waals surface area (Å²) >= 11 is 0. The van der Waals surface area contributed by atoms with E-state index in [0.29, 0.717) is 36.1 Å². The monoisotopic (exact) mass is 336 g/mol. The minimum absolute atomic E-state index is 0.183. The lowest BCUT2D eigenvalue weighted by molar-refractivity contribution is -0.106. The molecule has 24 heavy (non-hydrogen) atoms. The van der Waals surface area contributed by atoms with Crippen LogP contribution in [0.4, 0.5) is 0 Å². The highest BCUT2D eigenvalue weighted by Gasteiger charge is 2.59. The predicted octanol–water partition coefficient (Wildman–Crippen LogP) is 2.08. The topological polar surface area (TPSA) is 48.9 Å². The normalized spacial score (nSPS) is 39.0. The van der Waals surface area contributed by atoms with Crippen molar-refractivity contribution in [2.75, 3.05) is 26.2 Å². The third-order valence-corrected chi connectivity index (χ3v) is 6.40. The Bertz CT molecular complexity index is 476. The summed E-state index contributed by atoms with van der Waals surface area (Å²) in [4.78, 5) is 7.28. The Morgan fingerprint density at radius 3 is 2.67 bits per heavy atom. The van der Waals surface area contributed by atoms with E-state index in [9.17, 15) is 0 Å². The lowest BCUT2D eigenvalue weighted by Gasteiger charge is -2.55. The van der Waals surface area contributed by atoms with E-state index in [1.54, 1.807) is 0 Å². The fraction of sp³-hybridized carbons (Fsp3) is 0.947. The molecule has 3 aliphatic rings. The fourth-order valence-corrected chi connectivity index (χ4v) is 4.85. The number of nitrogens with one attached hydrogen (secondary N) is 2. The van der Waals surface area contributed by atoms with Crippen LogP contribution in [0, 0.1) is 17.3 Å². The molecule has 0 aromatic rings. The smallest absolute Gasteiger partial charge is 0.191 e. The third-order valence-electron chi connectivity index (χ3n) is 6.40. The molecule has 2 N–H and O–H groups in total. The average molecular weight is 337 g/mol. The number of guanidine groups is 1. The highest BCUT2D eigenvalue weighted by molar-refractivity contribution is 5.81. The fourth-order valence-electron chi connectivity index (χ4n) is 4.85. The zero-order chi connectivity index (χ0) is 17.5. The second-order valence-electron chi connectivity index (χ2n) is 8.79. The van der Waals surface area contributed by atoms with E-state index in [2.05, 4.69) is 57.1 Å². The van der Waals surface area contributed by atoms with E-state index in [0.717, 1.165) is 25.7 Å². The quantitative estimate of drug-likeness (QED) is 0.610. The summed E-state index contributed by atoms with van der Waals surface area (Å²) in [5.74, 6) is 2.27. The lowest BCUT2D eigenvalue weighted by Crippen LogP contribution is -2.68. The van der Waals surface area contributed by atoms with Crippen molar-refractivity contribution in [1.29, 1.82) is 0 Å². The molecule has 5 nitrogen and oxygen atoms in total. The second-order valence-corrected chi connectivity index (χ2v) is 8.79. The minimum Gasteiger partial charge on any atom is -0.377 e. The van der Waals surface area contributed by atoms with Gasteiger partial charge in [0.05, 0.1) is 6.10 Å². The SMILES string of the molecule is CCN=C(NC1CN(C(C)C)CC1C)NC1C2CCOC2C1(C)C. The highest BCUT2D eigenvalue weighted by Crippen LogP contribution is 2.52. The van der Waals surface area contributed by atoms with Gasteiger partial charge in [-0.1, -0.05) is 20.8 Å². The molecule has 5 heteroatoms. The zero-order valence-electron chi connectivity index (χ0n) is 16.3. The van der Waals surface area contributed by atoms with Gasteiger partial charge in [0.1, 0.15) is 0 Å². The van der Waals surface area contributed by atoms with E-state index in [4.69, 9.17) is 9.73 Å². The van der Waals surface area contributed by atoms with Gasteiger partial charge in [0.15, 0.2) is 5.96 Å². The van der Waals surface area contributed by atoms with Gasteiger partial charge in [-0.3, -0.25) is 9.89 Å². The molecule has 0 aromatic heterocycles. The van der Waals surface area contributed by atoms with Gasteiger partial charge in [-0.2, -0.15) is 0 Å². The minimum atomic E-state index is 0.183. The molecule has 1 aliphatic carbocycles. The first-order valence-electron chi connectivity index (χ1n) is 9.77. The van der Waals surface area contributed by atoms with Gasteiger partial charge in [-0.05, 0) is 33.1 Å². The number of hydrogen-bond donors (Lipinski definition) is 2. The Morgan fingerprint density at radius 2 is 2.04 bits per heavy atom. The summed E-state index contributed by atoms with van der Waals surface area (Å²) in [6, 6.07) is 1.55.